The largest absolute Gasteiger partial charge is 2.00 e. The van der Waals surface area contributed by atoms with Gasteiger partial charge in [-0.1, -0.05) is 5.56 Å². The van der Waals surface area contributed by atoms with Crippen LogP contribution in [0.4, 0.5) is 5.82 Å². The number of nitrogens with two attached hydrogens (primary N) is 1. The van der Waals surface area contributed by atoms with Gasteiger partial charge in [0, 0.05) is 18.2 Å². The molecule has 0 radical (unpaired) electrons. The second-order valence-corrected chi connectivity index (χ2v) is 9.62. The summed E-state index contributed by atoms with van der Waals surface area (Å²) in [5.74, 6) is -0.0488. The van der Waals surface area contributed by atoms with Gasteiger partial charge in [-0.25, -0.2) is 21.2 Å². The summed E-state index contributed by atoms with van der Waals surface area (Å²) in [6, 6.07) is 22.9. The number of hydrogen-bond acceptors (Lipinski definition) is 8. The van der Waals surface area contributed by atoms with Crippen molar-refractivity contribution in [3.05, 3.63) is 72.9 Å². The number of nitrogens with zero attached hydrogens (tertiary/aromatic N) is 3. The Hall–Kier alpha value is -2.30. The number of hydrogen-bond donors (Lipinski definition) is 4. The van der Waals surface area contributed by atoms with E-state index < -0.39 is 34.5 Å². The third-order valence-electron chi connectivity index (χ3n) is 6.05. The van der Waals surface area contributed by atoms with Crippen molar-refractivity contribution in [2.75, 3.05) is 11.9 Å². The minimum atomic E-state index is -4.14. The molecule has 0 amide bonds. The van der Waals surface area contributed by atoms with Crippen LogP contribution in [0.3, 0.4) is 0 Å². The van der Waals surface area contributed by atoms with E-state index in [1.807, 2.05) is 48.5 Å². The van der Waals surface area contributed by atoms with E-state index in [1.54, 1.807) is 16.8 Å². The third kappa shape index (κ3) is 5.81. The van der Waals surface area contributed by atoms with Crippen LogP contribution in [0.5, 0.6) is 0 Å². The number of aromatic nitrogens is 3. The van der Waals surface area contributed by atoms with Crippen LogP contribution in [-0.4, -0.2) is 58.1 Å². The average Bonchev–Trinajstić information content (AvgIpc) is 3.41. The summed E-state index contributed by atoms with van der Waals surface area (Å²) in [6.45, 7) is -0.319. The Balaban J connectivity index is 0.00000304. The number of benzene rings is 2. The van der Waals surface area contributed by atoms with Crippen LogP contribution in [-0.2, 0) is 14.5 Å². The molecule has 184 valence electrons. The van der Waals surface area contributed by atoms with Gasteiger partial charge in [-0.3, -0.25) is 4.18 Å². The molecule has 4 aromatic rings. The molecule has 0 unspecified atom stereocenters. The van der Waals surface area contributed by atoms with E-state index in [0.29, 0.717) is 17.2 Å². The zero-order valence-electron chi connectivity index (χ0n) is 18.9. The monoisotopic (exact) mass is 731 g/mol. The minimum Gasteiger partial charge on any atom is -0.390 e. The van der Waals surface area contributed by atoms with Crippen molar-refractivity contribution in [1.29, 1.82) is 0 Å². The second-order valence-electron chi connectivity index (χ2n) is 8.40. The number of anilines is 1. The average molecular weight is 732 g/mol. The zero-order chi connectivity index (χ0) is 24.6. The van der Waals surface area contributed by atoms with Gasteiger partial charge in [0.25, 0.3) is 0 Å². The van der Waals surface area contributed by atoms with Gasteiger partial charge < -0.3 is 15.5 Å². The van der Waals surface area contributed by atoms with E-state index in [9.17, 15) is 18.6 Å². The number of fused-ring (bicyclic) bond motifs is 1. The SMILES string of the molecule is NS(=O)(=O)OC[C@H]1C[C@@H](Nc2ccnc3cc(-c4c[c-]c(-c5[c-]cccc5)cc4)nn23)[C@H](O)[C@@H]1O.[U+2]. The van der Waals surface area contributed by atoms with E-state index in [1.165, 1.54) is 0 Å². The topological polar surface area (TPSA) is 152 Å². The van der Waals surface area contributed by atoms with E-state index in [-0.39, 0.29) is 44.1 Å². The molecule has 0 bridgehead atoms. The first-order valence-electron chi connectivity index (χ1n) is 10.9. The van der Waals surface area contributed by atoms with Gasteiger partial charge in [-0.05, 0) is 12.5 Å². The Bertz CT molecular complexity index is 1430. The first-order valence-corrected chi connectivity index (χ1v) is 12.4. The fourth-order valence-electron chi connectivity index (χ4n) is 4.26. The van der Waals surface area contributed by atoms with Crippen LogP contribution in [0.15, 0.2) is 60.8 Å². The van der Waals surface area contributed by atoms with Crippen LogP contribution in [0.1, 0.15) is 6.42 Å². The molecule has 10 nitrogen and oxygen atoms in total. The molecular formula is C24H23N5O5SU. The van der Waals surface area contributed by atoms with Crippen molar-refractivity contribution >= 4 is 21.8 Å². The predicted molar refractivity (Wildman–Crippen MR) is 128 cm³/mol. The Morgan fingerprint density at radius 1 is 1.14 bits per heavy atom. The number of aliphatic hydroxyl groups excluding tert-OH is 2. The third-order valence-corrected chi connectivity index (χ3v) is 6.51. The Morgan fingerprint density at radius 3 is 2.64 bits per heavy atom. The quantitative estimate of drug-likeness (QED) is 0.209. The molecule has 5 N–H and O–H groups in total. The number of rotatable bonds is 7. The van der Waals surface area contributed by atoms with E-state index in [4.69, 9.17) is 5.14 Å². The van der Waals surface area contributed by atoms with Crippen LogP contribution in [0, 0.1) is 49.2 Å². The van der Waals surface area contributed by atoms with Gasteiger partial charge in [-0.15, -0.1) is 18.2 Å². The molecule has 36 heavy (non-hydrogen) atoms. The van der Waals surface area contributed by atoms with Gasteiger partial charge in [0.15, 0.2) is 5.65 Å². The van der Waals surface area contributed by atoms with Crippen molar-refractivity contribution in [2.45, 2.75) is 24.7 Å². The fourth-order valence-corrected chi connectivity index (χ4v) is 4.63. The summed E-state index contributed by atoms with van der Waals surface area (Å²) in [5, 5.41) is 33.5. The van der Waals surface area contributed by atoms with Crippen LogP contribution >= 0.6 is 0 Å². The molecule has 0 aliphatic heterocycles. The maximum Gasteiger partial charge on any atom is 2.00 e. The normalized spacial score (nSPS) is 21.9. The smallest absolute Gasteiger partial charge is 0.390 e. The zero-order valence-corrected chi connectivity index (χ0v) is 23.9. The maximum absolute atomic E-state index is 11.1. The van der Waals surface area contributed by atoms with Gasteiger partial charge in [0.2, 0.25) is 0 Å². The van der Waals surface area contributed by atoms with Crippen LogP contribution in [0.2, 0.25) is 0 Å². The summed E-state index contributed by atoms with van der Waals surface area (Å²) in [5.41, 5.74) is 4.02. The molecular weight excluding hydrogens is 708 g/mol. The molecule has 4 atom stereocenters. The van der Waals surface area contributed by atoms with Gasteiger partial charge in [0.05, 0.1) is 24.4 Å². The van der Waals surface area contributed by atoms with Gasteiger partial charge >= 0.3 is 41.4 Å². The van der Waals surface area contributed by atoms with Gasteiger partial charge in [-0.2, -0.15) is 54.4 Å². The molecule has 2 heterocycles. The molecule has 1 fully saturated rings. The van der Waals surface area contributed by atoms with Crippen molar-refractivity contribution in [3.8, 4) is 22.4 Å². The predicted octanol–water partition coefficient (Wildman–Crippen LogP) is 1.41. The van der Waals surface area contributed by atoms with Crippen molar-refractivity contribution in [2.24, 2.45) is 11.1 Å². The fraction of sp³-hybridized carbons (Fsp3) is 0.250. The first kappa shape index (κ1) is 26.8. The number of nitrogens with one attached hydrogen (secondary N) is 1. The van der Waals surface area contributed by atoms with Crippen molar-refractivity contribution < 1.29 is 53.9 Å². The maximum atomic E-state index is 11.1. The molecule has 12 heteroatoms. The number of aliphatic hydroxyl groups is 2. The van der Waals surface area contributed by atoms with Gasteiger partial charge in [0.1, 0.15) is 11.9 Å². The Morgan fingerprint density at radius 2 is 1.94 bits per heavy atom. The summed E-state index contributed by atoms with van der Waals surface area (Å²) in [4.78, 5) is 4.37. The molecule has 2 aromatic heterocycles. The van der Waals surface area contributed by atoms with Crippen LogP contribution < -0.4 is 10.5 Å². The Labute approximate surface area is 232 Å². The molecule has 1 saturated carbocycles. The molecule has 0 spiro atoms. The van der Waals surface area contributed by atoms with Crippen molar-refractivity contribution in [1.82, 2.24) is 14.6 Å². The summed E-state index contributed by atoms with van der Waals surface area (Å²) < 4.78 is 28.4. The molecule has 5 rings (SSSR count). The minimum absolute atomic E-state index is 0. The Kier molecular flexibility index (Phi) is 8.16. The standard InChI is InChI=1S/C24H23N5O5S.U/c25-35(32,33)34-14-18-12-20(24(31)23(18)30)27-21-10-11-26-22-13-19(28-29(21)22)17-8-6-16(7-9-17)15-4-2-1-3-5-15;/h1-4,6,8-11,13,18,20,23-24,27,30-31H,12,14H2,(H2,25,32,33);/q-2;+2/t18-,20-,23-,24+;/m1./s1. The van der Waals surface area contributed by atoms with E-state index in [0.717, 1.165) is 16.7 Å². The van der Waals surface area contributed by atoms with Crippen LogP contribution in [0.25, 0.3) is 28.0 Å². The molecule has 2 aromatic carbocycles. The molecule has 0 saturated heterocycles. The summed E-state index contributed by atoms with van der Waals surface area (Å²) >= 11 is 0. The summed E-state index contributed by atoms with van der Waals surface area (Å²) in [6.07, 6.45) is -0.430. The first-order chi connectivity index (χ1) is 16.8. The molecule has 1 aliphatic carbocycles. The van der Waals surface area contributed by atoms with E-state index >= 15 is 0 Å². The van der Waals surface area contributed by atoms with Crippen molar-refractivity contribution in [3.63, 3.8) is 0 Å². The summed E-state index contributed by atoms with van der Waals surface area (Å²) in [7, 11) is -4.14. The molecule has 1 aliphatic rings. The van der Waals surface area contributed by atoms with E-state index in [2.05, 4.69) is 31.7 Å². The second kappa shape index (κ2) is 11.0.